The SMILES string of the molecule is COc1ccc(C=C2N=C(c3ccc(OC)cc3Br)OC2=O)cc1. The summed E-state index contributed by atoms with van der Waals surface area (Å²) in [5.74, 6) is 1.22. The second-order valence-corrected chi connectivity index (χ2v) is 5.81. The first kappa shape index (κ1) is 16.3. The van der Waals surface area contributed by atoms with Gasteiger partial charge in [0.1, 0.15) is 11.5 Å². The molecule has 24 heavy (non-hydrogen) atoms. The molecule has 0 atom stereocenters. The van der Waals surface area contributed by atoms with Crippen molar-refractivity contribution in [3.8, 4) is 11.5 Å². The van der Waals surface area contributed by atoms with Gasteiger partial charge >= 0.3 is 5.97 Å². The zero-order valence-corrected chi connectivity index (χ0v) is 14.7. The first-order valence-electron chi connectivity index (χ1n) is 7.11. The van der Waals surface area contributed by atoms with Crippen molar-refractivity contribution in [3.63, 3.8) is 0 Å². The lowest BCUT2D eigenvalue weighted by molar-refractivity contribution is -0.129. The summed E-state index contributed by atoms with van der Waals surface area (Å²) >= 11 is 3.44. The first-order chi connectivity index (χ1) is 11.6. The van der Waals surface area contributed by atoms with Crippen LogP contribution in [0.1, 0.15) is 11.1 Å². The van der Waals surface area contributed by atoms with Gasteiger partial charge in [-0.3, -0.25) is 0 Å². The van der Waals surface area contributed by atoms with Gasteiger partial charge in [-0.2, -0.15) is 0 Å². The minimum Gasteiger partial charge on any atom is -0.497 e. The maximum atomic E-state index is 12.1. The molecule has 1 aliphatic rings. The van der Waals surface area contributed by atoms with Crippen LogP contribution in [0.5, 0.6) is 11.5 Å². The zero-order chi connectivity index (χ0) is 17.1. The predicted molar refractivity (Wildman–Crippen MR) is 94.3 cm³/mol. The van der Waals surface area contributed by atoms with E-state index in [-0.39, 0.29) is 11.6 Å². The summed E-state index contributed by atoms with van der Waals surface area (Å²) < 4.78 is 16.3. The minimum absolute atomic E-state index is 0.248. The molecule has 1 heterocycles. The van der Waals surface area contributed by atoms with Gasteiger partial charge < -0.3 is 14.2 Å². The van der Waals surface area contributed by atoms with Gasteiger partial charge in [-0.25, -0.2) is 9.79 Å². The fraction of sp³-hybridized carbons (Fsp3) is 0.111. The van der Waals surface area contributed by atoms with E-state index in [1.165, 1.54) is 0 Å². The molecule has 3 rings (SSSR count). The Labute approximate surface area is 147 Å². The van der Waals surface area contributed by atoms with E-state index < -0.39 is 5.97 Å². The highest BCUT2D eigenvalue weighted by atomic mass is 79.9. The third-order valence-corrected chi connectivity index (χ3v) is 4.10. The third-order valence-electron chi connectivity index (χ3n) is 3.45. The van der Waals surface area contributed by atoms with E-state index in [0.717, 1.165) is 15.8 Å². The number of nitrogens with zero attached hydrogens (tertiary/aromatic N) is 1. The Morgan fingerprint density at radius 1 is 1.04 bits per heavy atom. The van der Waals surface area contributed by atoms with E-state index >= 15 is 0 Å². The standard InChI is InChI=1S/C18H14BrNO4/c1-22-12-5-3-11(4-6-12)9-16-18(21)24-17(20-16)14-8-7-13(23-2)10-15(14)19/h3-10H,1-2H3. The monoisotopic (exact) mass is 387 g/mol. The number of hydrogen-bond donors (Lipinski definition) is 0. The van der Waals surface area contributed by atoms with Crippen molar-refractivity contribution in [2.75, 3.05) is 14.2 Å². The molecule has 0 spiro atoms. The lowest BCUT2D eigenvalue weighted by atomic mass is 10.2. The lowest BCUT2D eigenvalue weighted by Gasteiger charge is -2.05. The zero-order valence-electron chi connectivity index (χ0n) is 13.1. The second kappa shape index (κ2) is 6.88. The minimum atomic E-state index is -0.483. The van der Waals surface area contributed by atoms with Crippen LogP contribution in [0.2, 0.25) is 0 Å². The van der Waals surface area contributed by atoms with Crippen molar-refractivity contribution in [3.05, 3.63) is 63.8 Å². The average Bonchev–Trinajstić information content (AvgIpc) is 2.95. The largest absolute Gasteiger partial charge is 0.497 e. The molecule has 6 heteroatoms. The van der Waals surface area contributed by atoms with Gasteiger partial charge in [0.25, 0.3) is 0 Å². The van der Waals surface area contributed by atoms with Gasteiger partial charge in [-0.05, 0) is 57.9 Å². The summed E-state index contributed by atoms with van der Waals surface area (Å²) in [6.45, 7) is 0. The molecular formula is C18H14BrNO4. The third kappa shape index (κ3) is 3.33. The topological polar surface area (TPSA) is 57.1 Å². The quantitative estimate of drug-likeness (QED) is 0.591. The molecular weight excluding hydrogens is 374 g/mol. The number of benzene rings is 2. The van der Waals surface area contributed by atoms with Gasteiger partial charge in [0.05, 0.1) is 19.8 Å². The van der Waals surface area contributed by atoms with Gasteiger partial charge in [-0.1, -0.05) is 12.1 Å². The lowest BCUT2D eigenvalue weighted by Crippen LogP contribution is -2.06. The van der Waals surface area contributed by atoms with Crippen molar-refractivity contribution in [1.29, 1.82) is 0 Å². The molecule has 0 unspecified atom stereocenters. The van der Waals surface area contributed by atoms with Crippen LogP contribution in [0, 0.1) is 0 Å². The van der Waals surface area contributed by atoms with Crippen molar-refractivity contribution in [1.82, 2.24) is 0 Å². The van der Waals surface area contributed by atoms with Crippen LogP contribution >= 0.6 is 15.9 Å². The number of methoxy groups -OCH3 is 2. The van der Waals surface area contributed by atoms with Crippen LogP contribution < -0.4 is 9.47 Å². The molecule has 2 aromatic carbocycles. The van der Waals surface area contributed by atoms with Gasteiger partial charge in [0.15, 0.2) is 5.70 Å². The van der Waals surface area contributed by atoms with E-state index in [1.54, 1.807) is 38.5 Å². The van der Waals surface area contributed by atoms with E-state index in [9.17, 15) is 4.79 Å². The van der Waals surface area contributed by atoms with E-state index in [1.807, 2.05) is 24.3 Å². The number of rotatable bonds is 4. The summed E-state index contributed by atoms with van der Waals surface area (Å²) in [4.78, 5) is 16.3. The Bertz CT molecular complexity index is 841. The van der Waals surface area contributed by atoms with Gasteiger partial charge in [0.2, 0.25) is 5.90 Å². The molecule has 0 aromatic heterocycles. The average molecular weight is 388 g/mol. The number of carbonyl (C=O) groups excluding carboxylic acids is 1. The molecule has 5 nitrogen and oxygen atoms in total. The number of ether oxygens (including phenoxy) is 3. The summed E-state index contributed by atoms with van der Waals surface area (Å²) in [5, 5.41) is 0. The van der Waals surface area contributed by atoms with E-state index in [4.69, 9.17) is 14.2 Å². The van der Waals surface area contributed by atoms with E-state index in [0.29, 0.717) is 11.3 Å². The maximum Gasteiger partial charge on any atom is 0.363 e. The molecule has 0 bridgehead atoms. The predicted octanol–water partition coefficient (Wildman–Crippen LogP) is 3.81. The van der Waals surface area contributed by atoms with E-state index in [2.05, 4.69) is 20.9 Å². The van der Waals surface area contributed by atoms with Gasteiger partial charge in [0, 0.05) is 4.47 Å². The van der Waals surface area contributed by atoms with Crippen molar-refractivity contribution >= 4 is 33.9 Å². The van der Waals surface area contributed by atoms with Crippen molar-refractivity contribution in [2.45, 2.75) is 0 Å². The Morgan fingerprint density at radius 2 is 1.71 bits per heavy atom. The number of hydrogen-bond acceptors (Lipinski definition) is 5. The summed E-state index contributed by atoms with van der Waals surface area (Å²) in [7, 11) is 3.19. The molecule has 0 N–H and O–H groups in total. The Kier molecular flexibility index (Phi) is 4.66. The fourth-order valence-electron chi connectivity index (χ4n) is 2.18. The molecule has 122 valence electrons. The molecule has 0 fully saturated rings. The molecule has 0 saturated carbocycles. The number of aliphatic imine (C=N–C) groups is 1. The summed E-state index contributed by atoms with van der Waals surface area (Å²) in [6, 6.07) is 12.7. The summed E-state index contributed by atoms with van der Waals surface area (Å²) in [5.41, 5.74) is 1.77. The van der Waals surface area contributed by atoms with Crippen molar-refractivity contribution in [2.24, 2.45) is 4.99 Å². The highest BCUT2D eigenvalue weighted by Gasteiger charge is 2.25. The number of esters is 1. The van der Waals surface area contributed by atoms with Crippen LogP contribution in [-0.2, 0) is 9.53 Å². The molecule has 0 amide bonds. The second-order valence-electron chi connectivity index (χ2n) is 4.95. The molecule has 0 saturated heterocycles. The van der Waals surface area contributed by atoms with Crippen LogP contribution in [0.25, 0.3) is 6.08 Å². The molecule has 1 aliphatic heterocycles. The normalized spacial score (nSPS) is 15.2. The Hall–Kier alpha value is -2.60. The van der Waals surface area contributed by atoms with Crippen LogP contribution in [0.4, 0.5) is 0 Å². The number of halogens is 1. The first-order valence-corrected chi connectivity index (χ1v) is 7.90. The molecule has 0 radical (unpaired) electrons. The smallest absolute Gasteiger partial charge is 0.363 e. The van der Waals surface area contributed by atoms with Gasteiger partial charge in [-0.15, -0.1) is 0 Å². The molecule has 2 aromatic rings. The van der Waals surface area contributed by atoms with Crippen molar-refractivity contribution < 1.29 is 19.0 Å². The Balaban J connectivity index is 1.91. The number of cyclic esters (lactones) is 1. The number of carbonyl (C=O) groups is 1. The van der Waals surface area contributed by atoms with Crippen LogP contribution in [0.3, 0.4) is 0 Å². The van der Waals surface area contributed by atoms with Crippen LogP contribution in [-0.4, -0.2) is 26.1 Å². The maximum absolute atomic E-state index is 12.1. The highest BCUT2D eigenvalue weighted by Crippen LogP contribution is 2.27. The summed E-state index contributed by atoms with van der Waals surface area (Å²) in [6.07, 6.45) is 1.67. The Morgan fingerprint density at radius 3 is 2.33 bits per heavy atom. The fourth-order valence-corrected chi connectivity index (χ4v) is 2.71. The van der Waals surface area contributed by atoms with Crippen LogP contribution in [0.15, 0.2) is 57.6 Å². The molecule has 0 aliphatic carbocycles. The highest BCUT2D eigenvalue weighted by molar-refractivity contribution is 9.10.